The van der Waals surface area contributed by atoms with E-state index in [1.165, 1.54) is 12.2 Å². The van der Waals surface area contributed by atoms with Gasteiger partial charge in [-0.3, -0.25) is 4.79 Å². The van der Waals surface area contributed by atoms with Crippen LogP contribution in [0.15, 0.2) is 23.8 Å². The van der Waals surface area contributed by atoms with Gasteiger partial charge in [-0.05, 0) is 29.8 Å². The van der Waals surface area contributed by atoms with E-state index >= 15 is 0 Å². The quantitative estimate of drug-likeness (QED) is 0.410. The van der Waals surface area contributed by atoms with Crippen molar-refractivity contribution >= 4 is 17.7 Å². The minimum atomic E-state index is -1.82. The number of aliphatic hydroxyl groups is 2. The maximum atomic E-state index is 10.6. The molecule has 0 aromatic heterocycles. The van der Waals surface area contributed by atoms with Gasteiger partial charge in [-0.2, -0.15) is 0 Å². The third-order valence-electron chi connectivity index (χ3n) is 2.10. The number of aliphatic carboxylic acids is 1. The summed E-state index contributed by atoms with van der Waals surface area (Å²) in [7, 11) is 0. The molecule has 0 amide bonds. The Kier molecular flexibility index (Phi) is 3.87. The van der Waals surface area contributed by atoms with E-state index in [-0.39, 0.29) is 12.8 Å². The van der Waals surface area contributed by atoms with Gasteiger partial charge in [0.25, 0.3) is 0 Å². The van der Waals surface area contributed by atoms with E-state index in [0.717, 1.165) is 0 Å². The highest BCUT2D eigenvalue weighted by atomic mass is 35.5. The molecule has 1 aliphatic rings. The van der Waals surface area contributed by atoms with Crippen LogP contribution in [0, 0.1) is 0 Å². The normalized spacial score (nSPS) is 20.9. The Labute approximate surface area is 91.8 Å². The lowest BCUT2D eigenvalue weighted by Gasteiger charge is -2.21. The fraction of sp³-hybridized carbons (Fsp3) is 0.444. The monoisotopic (exact) mass is 233 g/mol. The average Bonchev–Trinajstić information content (AvgIpc) is 2.15. The van der Waals surface area contributed by atoms with Crippen LogP contribution in [0.25, 0.3) is 0 Å². The number of halogens is 1. The second-order valence-electron chi connectivity index (χ2n) is 3.40. The predicted molar refractivity (Wildman–Crippen MR) is 54.0 cm³/mol. The van der Waals surface area contributed by atoms with Gasteiger partial charge in [-0.1, -0.05) is 12.2 Å². The summed E-state index contributed by atoms with van der Waals surface area (Å²) in [5.41, 5.74) is 0.703. The molecule has 0 aliphatic heterocycles. The molecule has 1 aliphatic carbocycles. The smallest absolute Gasteiger partial charge is 0.322 e. The van der Waals surface area contributed by atoms with Gasteiger partial charge in [-0.25, -0.2) is 4.84 Å². The highest BCUT2D eigenvalue weighted by Gasteiger charge is 2.23. The zero-order valence-electron chi connectivity index (χ0n) is 7.85. The Morgan fingerprint density at radius 2 is 2.33 bits per heavy atom. The van der Waals surface area contributed by atoms with Crippen molar-refractivity contribution in [2.24, 2.45) is 0 Å². The van der Waals surface area contributed by atoms with Crippen molar-refractivity contribution in [3.63, 3.8) is 0 Å². The number of carboxylic acids is 1. The first-order valence-corrected chi connectivity index (χ1v) is 4.74. The fourth-order valence-electron chi connectivity index (χ4n) is 1.22. The average molecular weight is 234 g/mol. The van der Waals surface area contributed by atoms with Gasteiger partial charge in [0.2, 0.25) is 0 Å². The summed E-state index contributed by atoms with van der Waals surface area (Å²) >= 11 is 5.26. The van der Waals surface area contributed by atoms with Crippen molar-refractivity contribution in [1.29, 1.82) is 0 Å². The molecule has 0 unspecified atom stereocenters. The molecule has 0 bridgehead atoms. The maximum absolute atomic E-state index is 10.6. The Morgan fingerprint density at radius 1 is 1.67 bits per heavy atom. The van der Waals surface area contributed by atoms with Gasteiger partial charge in [-0.15, -0.1) is 0 Å². The van der Waals surface area contributed by atoms with Crippen LogP contribution in [0.4, 0.5) is 0 Å². The van der Waals surface area contributed by atoms with Crippen molar-refractivity contribution in [2.45, 2.75) is 24.7 Å². The van der Waals surface area contributed by atoms with Gasteiger partial charge in [0.15, 0.2) is 5.79 Å². The van der Waals surface area contributed by atoms with Gasteiger partial charge in [0, 0.05) is 6.42 Å². The van der Waals surface area contributed by atoms with Crippen molar-refractivity contribution in [3.05, 3.63) is 23.8 Å². The highest BCUT2D eigenvalue weighted by Crippen LogP contribution is 2.21. The molecule has 5 nitrogen and oxygen atoms in total. The molecule has 0 heterocycles. The van der Waals surface area contributed by atoms with Crippen LogP contribution in [-0.2, 0) is 4.79 Å². The lowest BCUT2D eigenvalue weighted by molar-refractivity contribution is -0.138. The summed E-state index contributed by atoms with van der Waals surface area (Å²) in [5, 5.41) is 27.0. The summed E-state index contributed by atoms with van der Waals surface area (Å²) in [4.78, 5) is 12.8. The predicted octanol–water partition coefficient (Wildman–Crippen LogP) is 0.140. The summed E-state index contributed by atoms with van der Waals surface area (Å²) in [6.07, 6.45) is 4.52. The largest absolute Gasteiger partial charge is 0.480 e. The van der Waals surface area contributed by atoms with E-state index in [1.807, 2.05) is 0 Å². The van der Waals surface area contributed by atoms with E-state index in [0.29, 0.717) is 5.57 Å². The topological polar surface area (TPSA) is 89.8 Å². The van der Waals surface area contributed by atoms with Crippen molar-refractivity contribution in [3.8, 4) is 0 Å². The van der Waals surface area contributed by atoms with E-state index in [2.05, 4.69) is 4.84 Å². The Morgan fingerprint density at radius 3 is 2.73 bits per heavy atom. The molecule has 84 valence electrons. The molecule has 0 aromatic rings. The third-order valence-corrected chi connectivity index (χ3v) is 2.36. The first kappa shape index (κ1) is 12.2. The zero-order valence-corrected chi connectivity index (χ0v) is 8.61. The van der Waals surface area contributed by atoms with E-state index in [1.54, 1.807) is 6.08 Å². The van der Waals surface area contributed by atoms with Gasteiger partial charge >= 0.3 is 5.97 Å². The molecule has 4 N–H and O–H groups in total. The van der Waals surface area contributed by atoms with E-state index < -0.39 is 17.8 Å². The van der Waals surface area contributed by atoms with Crippen LogP contribution in [0.2, 0.25) is 0 Å². The molecular formula is C9H12ClNO4. The third kappa shape index (κ3) is 3.64. The lowest BCUT2D eigenvalue weighted by Crippen LogP contribution is -2.32. The number of carboxylic acid groups (broad SMARTS) is 1. The number of carbonyl (C=O) groups is 1. The molecule has 0 spiro atoms. The first-order chi connectivity index (χ1) is 6.94. The Hall–Kier alpha value is -0.880. The second-order valence-corrected chi connectivity index (χ2v) is 3.62. The van der Waals surface area contributed by atoms with Crippen LogP contribution in [0.1, 0.15) is 12.8 Å². The molecule has 0 fully saturated rings. The molecule has 1 atom stereocenters. The second kappa shape index (κ2) is 4.76. The van der Waals surface area contributed by atoms with Crippen molar-refractivity contribution in [2.75, 3.05) is 0 Å². The highest BCUT2D eigenvalue weighted by molar-refractivity contribution is 6.14. The lowest BCUT2D eigenvalue weighted by atomic mass is 9.97. The Balaban J connectivity index is 2.58. The van der Waals surface area contributed by atoms with E-state index in [4.69, 9.17) is 27.1 Å². The van der Waals surface area contributed by atoms with E-state index in [9.17, 15) is 4.79 Å². The summed E-state index contributed by atoms with van der Waals surface area (Å²) < 4.78 is 0. The van der Waals surface area contributed by atoms with Crippen molar-refractivity contribution in [1.82, 2.24) is 4.84 Å². The zero-order chi connectivity index (χ0) is 11.5. The van der Waals surface area contributed by atoms with Crippen LogP contribution in [-0.4, -0.2) is 33.1 Å². The van der Waals surface area contributed by atoms with Crippen LogP contribution in [0.5, 0.6) is 0 Å². The van der Waals surface area contributed by atoms with Crippen LogP contribution < -0.4 is 4.84 Å². The van der Waals surface area contributed by atoms with Crippen LogP contribution in [0.3, 0.4) is 0 Å². The minimum absolute atomic E-state index is 0.0491. The molecule has 0 radical (unpaired) electrons. The number of rotatable bonds is 4. The molecule has 0 aromatic carbocycles. The number of hydrogen-bond acceptors (Lipinski definition) is 4. The van der Waals surface area contributed by atoms with Crippen LogP contribution >= 0.6 is 11.8 Å². The maximum Gasteiger partial charge on any atom is 0.322 e. The van der Waals surface area contributed by atoms with Crippen molar-refractivity contribution < 1.29 is 20.1 Å². The summed E-state index contributed by atoms with van der Waals surface area (Å²) in [6, 6.07) is -0.882. The summed E-state index contributed by atoms with van der Waals surface area (Å²) in [5.74, 6) is -2.87. The number of allylic oxidation sites excluding steroid dienone is 1. The SMILES string of the molecule is O=C(O)[C@H](CC1=CCC(O)(O)C=C1)NCl. The first-order valence-electron chi connectivity index (χ1n) is 4.36. The number of hydrogen-bond donors (Lipinski definition) is 4. The standard InChI is InChI=1S/C9H12ClNO4/c10-11-7(8(12)13)5-6-1-3-9(14,15)4-2-6/h1-3,7,11,14-15H,4-5H2,(H,12,13)/t7-/m0/s1. The molecule has 15 heavy (non-hydrogen) atoms. The molecule has 0 saturated heterocycles. The summed E-state index contributed by atoms with van der Waals surface area (Å²) in [6.45, 7) is 0. The molecule has 1 rings (SSSR count). The van der Waals surface area contributed by atoms with Gasteiger partial charge < -0.3 is 15.3 Å². The number of nitrogens with one attached hydrogen (secondary N) is 1. The Bertz CT molecular complexity index is 311. The van der Waals surface area contributed by atoms with Gasteiger partial charge in [0.05, 0.1) is 0 Å². The molecule has 0 saturated carbocycles. The fourth-order valence-corrected chi connectivity index (χ4v) is 1.39. The minimum Gasteiger partial charge on any atom is -0.480 e. The molecule has 6 heteroatoms. The molecular weight excluding hydrogens is 222 g/mol. The van der Waals surface area contributed by atoms with Gasteiger partial charge in [0.1, 0.15) is 6.04 Å².